The Hall–Kier alpha value is -2.08. The van der Waals surface area contributed by atoms with Gasteiger partial charge < -0.3 is 14.2 Å². The van der Waals surface area contributed by atoms with E-state index in [9.17, 15) is 9.59 Å². The molecule has 0 spiro atoms. The standard InChI is InChI=1S/C16H21NO5/c1-20-12-6-4-10(5-7-12)11-8-13(15(18)21-2)17-14(9-11)16(19)22-3/h4-7,11,13-14,17H,8-9H2,1-3H3. The van der Waals surface area contributed by atoms with Crippen LogP contribution in [0, 0.1) is 0 Å². The summed E-state index contributed by atoms with van der Waals surface area (Å²) >= 11 is 0. The van der Waals surface area contributed by atoms with Gasteiger partial charge in [-0.3, -0.25) is 14.9 Å². The second kappa shape index (κ2) is 7.26. The molecule has 1 N–H and O–H groups in total. The Morgan fingerprint density at radius 2 is 1.45 bits per heavy atom. The van der Waals surface area contributed by atoms with Gasteiger partial charge in [-0.05, 0) is 36.5 Å². The lowest BCUT2D eigenvalue weighted by Crippen LogP contribution is -2.52. The number of carbonyl (C=O) groups excluding carboxylic acids is 2. The fourth-order valence-electron chi connectivity index (χ4n) is 2.81. The van der Waals surface area contributed by atoms with Crippen LogP contribution >= 0.6 is 0 Å². The fourth-order valence-corrected chi connectivity index (χ4v) is 2.81. The van der Waals surface area contributed by atoms with Gasteiger partial charge in [-0.15, -0.1) is 0 Å². The van der Waals surface area contributed by atoms with E-state index in [1.54, 1.807) is 7.11 Å². The molecule has 2 unspecified atom stereocenters. The highest BCUT2D eigenvalue weighted by Crippen LogP contribution is 2.32. The number of nitrogens with one attached hydrogen (secondary N) is 1. The van der Waals surface area contributed by atoms with E-state index in [4.69, 9.17) is 14.2 Å². The molecule has 1 fully saturated rings. The van der Waals surface area contributed by atoms with Crippen LogP contribution in [0.1, 0.15) is 24.3 Å². The van der Waals surface area contributed by atoms with Crippen LogP contribution in [-0.4, -0.2) is 45.4 Å². The quantitative estimate of drug-likeness (QED) is 0.844. The van der Waals surface area contributed by atoms with E-state index in [0.717, 1.165) is 11.3 Å². The van der Waals surface area contributed by atoms with Gasteiger partial charge in [0.05, 0.1) is 21.3 Å². The van der Waals surface area contributed by atoms with Gasteiger partial charge in [0.25, 0.3) is 0 Å². The van der Waals surface area contributed by atoms with Crippen LogP contribution < -0.4 is 10.1 Å². The average Bonchev–Trinajstić information content (AvgIpc) is 2.59. The van der Waals surface area contributed by atoms with Crippen LogP contribution in [-0.2, 0) is 19.1 Å². The molecule has 6 nitrogen and oxygen atoms in total. The zero-order chi connectivity index (χ0) is 16.1. The number of hydrogen-bond donors (Lipinski definition) is 1. The maximum absolute atomic E-state index is 11.8. The fraction of sp³-hybridized carbons (Fsp3) is 0.500. The average molecular weight is 307 g/mol. The second-order valence-electron chi connectivity index (χ2n) is 5.26. The lowest BCUT2D eigenvalue weighted by atomic mass is 9.83. The van der Waals surface area contributed by atoms with Gasteiger partial charge in [-0.25, -0.2) is 0 Å². The topological polar surface area (TPSA) is 73.9 Å². The number of methoxy groups -OCH3 is 3. The minimum atomic E-state index is -0.519. The van der Waals surface area contributed by atoms with Crippen LogP contribution in [0.2, 0.25) is 0 Å². The van der Waals surface area contributed by atoms with E-state index in [2.05, 4.69) is 5.32 Å². The zero-order valence-electron chi connectivity index (χ0n) is 13.0. The van der Waals surface area contributed by atoms with Crippen LogP contribution in [0.15, 0.2) is 24.3 Å². The summed E-state index contributed by atoms with van der Waals surface area (Å²) in [6, 6.07) is 6.62. The Balaban J connectivity index is 2.20. The molecule has 1 saturated heterocycles. The number of esters is 2. The highest BCUT2D eigenvalue weighted by atomic mass is 16.5. The van der Waals surface area contributed by atoms with E-state index in [1.807, 2.05) is 24.3 Å². The highest BCUT2D eigenvalue weighted by Gasteiger charge is 2.37. The third-order valence-corrected chi connectivity index (χ3v) is 4.00. The van der Waals surface area contributed by atoms with Crippen molar-refractivity contribution in [2.75, 3.05) is 21.3 Å². The largest absolute Gasteiger partial charge is 0.497 e. The molecule has 120 valence electrons. The summed E-state index contributed by atoms with van der Waals surface area (Å²) < 4.78 is 14.7. The molecule has 0 radical (unpaired) electrons. The minimum Gasteiger partial charge on any atom is -0.497 e. The smallest absolute Gasteiger partial charge is 0.322 e. The molecule has 0 saturated carbocycles. The Morgan fingerprint density at radius 1 is 0.955 bits per heavy atom. The van der Waals surface area contributed by atoms with Gasteiger partial charge in [0.1, 0.15) is 17.8 Å². The molecule has 22 heavy (non-hydrogen) atoms. The van der Waals surface area contributed by atoms with E-state index < -0.39 is 12.1 Å². The molecule has 6 heteroatoms. The predicted octanol–water partition coefficient (Wildman–Crippen LogP) is 1.25. The molecule has 0 amide bonds. The lowest BCUT2D eigenvalue weighted by Gasteiger charge is -2.33. The molecule has 1 heterocycles. The number of hydrogen-bond acceptors (Lipinski definition) is 6. The monoisotopic (exact) mass is 307 g/mol. The molecule has 1 aliphatic heterocycles. The normalized spacial score (nSPS) is 24.4. The zero-order valence-corrected chi connectivity index (χ0v) is 13.0. The van der Waals surface area contributed by atoms with E-state index in [1.165, 1.54) is 14.2 Å². The van der Waals surface area contributed by atoms with E-state index in [-0.39, 0.29) is 17.9 Å². The number of benzene rings is 1. The van der Waals surface area contributed by atoms with Crippen molar-refractivity contribution in [3.63, 3.8) is 0 Å². The molecule has 2 atom stereocenters. The van der Waals surface area contributed by atoms with E-state index >= 15 is 0 Å². The summed E-state index contributed by atoms with van der Waals surface area (Å²) in [5, 5.41) is 3.00. The maximum atomic E-state index is 11.8. The van der Waals surface area contributed by atoms with Gasteiger partial charge >= 0.3 is 11.9 Å². The molecule has 1 aromatic carbocycles. The number of carbonyl (C=O) groups is 2. The van der Waals surface area contributed by atoms with Crippen molar-refractivity contribution in [3.05, 3.63) is 29.8 Å². The summed E-state index contributed by atoms with van der Waals surface area (Å²) in [5.74, 6) is 0.103. The van der Waals surface area contributed by atoms with Crippen LogP contribution in [0.3, 0.4) is 0 Å². The number of piperidine rings is 1. The summed E-state index contributed by atoms with van der Waals surface area (Å²) in [6.45, 7) is 0. The van der Waals surface area contributed by atoms with Crippen molar-refractivity contribution < 1.29 is 23.8 Å². The van der Waals surface area contributed by atoms with Crippen molar-refractivity contribution in [2.45, 2.75) is 30.8 Å². The Labute approximate surface area is 129 Å². The van der Waals surface area contributed by atoms with Crippen LogP contribution in [0.5, 0.6) is 5.75 Å². The Bertz CT molecular complexity index is 504. The van der Waals surface area contributed by atoms with Crippen molar-refractivity contribution in [2.24, 2.45) is 0 Å². The number of rotatable bonds is 4. The maximum Gasteiger partial charge on any atom is 0.322 e. The van der Waals surface area contributed by atoms with Crippen LogP contribution in [0.25, 0.3) is 0 Å². The molecule has 1 aromatic rings. The summed E-state index contributed by atoms with van der Waals surface area (Å²) in [6.07, 6.45) is 1.15. The summed E-state index contributed by atoms with van der Waals surface area (Å²) in [7, 11) is 4.29. The van der Waals surface area contributed by atoms with Crippen molar-refractivity contribution in [1.29, 1.82) is 0 Å². The first-order chi connectivity index (χ1) is 10.6. The molecular formula is C16H21NO5. The van der Waals surface area contributed by atoms with Gasteiger partial charge in [-0.1, -0.05) is 12.1 Å². The summed E-state index contributed by atoms with van der Waals surface area (Å²) in [5.41, 5.74) is 1.06. The molecule has 0 aromatic heterocycles. The molecule has 0 bridgehead atoms. The predicted molar refractivity (Wildman–Crippen MR) is 79.7 cm³/mol. The first-order valence-corrected chi connectivity index (χ1v) is 7.14. The van der Waals surface area contributed by atoms with Crippen molar-refractivity contribution in [3.8, 4) is 5.75 Å². The van der Waals surface area contributed by atoms with E-state index in [0.29, 0.717) is 12.8 Å². The van der Waals surface area contributed by atoms with Gasteiger partial charge in [0.2, 0.25) is 0 Å². The lowest BCUT2D eigenvalue weighted by molar-refractivity contribution is -0.148. The van der Waals surface area contributed by atoms with Gasteiger partial charge in [0, 0.05) is 0 Å². The minimum absolute atomic E-state index is 0.0698. The summed E-state index contributed by atoms with van der Waals surface area (Å²) in [4.78, 5) is 23.7. The van der Waals surface area contributed by atoms with Gasteiger partial charge in [-0.2, -0.15) is 0 Å². The van der Waals surface area contributed by atoms with Gasteiger partial charge in [0.15, 0.2) is 0 Å². The highest BCUT2D eigenvalue weighted by molar-refractivity contribution is 5.80. The molecule has 2 rings (SSSR count). The molecular weight excluding hydrogens is 286 g/mol. The molecule has 0 aliphatic carbocycles. The first-order valence-electron chi connectivity index (χ1n) is 7.14. The Kier molecular flexibility index (Phi) is 5.38. The van der Waals surface area contributed by atoms with Crippen LogP contribution in [0.4, 0.5) is 0 Å². The third-order valence-electron chi connectivity index (χ3n) is 4.00. The van der Waals surface area contributed by atoms with Crippen molar-refractivity contribution >= 4 is 11.9 Å². The number of ether oxygens (including phenoxy) is 3. The Morgan fingerprint density at radius 3 is 1.86 bits per heavy atom. The second-order valence-corrected chi connectivity index (χ2v) is 5.26. The SMILES string of the molecule is COC(=O)C1CC(c2ccc(OC)cc2)CC(C(=O)OC)N1. The third kappa shape index (κ3) is 3.57. The van der Waals surface area contributed by atoms with Crippen molar-refractivity contribution in [1.82, 2.24) is 5.32 Å². The molecule has 1 aliphatic rings. The first kappa shape index (κ1) is 16.3.